The van der Waals surface area contributed by atoms with Crippen LogP contribution < -0.4 is 10.2 Å². The van der Waals surface area contributed by atoms with Crippen LogP contribution in [0.3, 0.4) is 0 Å². The Morgan fingerprint density at radius 1 is 1.06 bits per heavy atom. The van der Waals surface area contributed by atoms with Gasteiger partial charge in [0.2, 0.25) is 10.0 Å². The van der Waals surface area contributed by atoms with Crippen LogP contribution in [0.1, 0.15) is 38.8 Å². The van der Waals surface area contributed by atoms with Crippen LogP contribution in [0, 0.1) is 0 Å². The summed E-state index contributed by atoms with van der Waals surface area (Å²) in [6.07, 6.45) is 1.59. The Bertz CT molecular complexity index is 1180. The highest BCUT2D eigenvalue weighted by atomic mass is 32.2. The Labute approximate surface area is 188 Å². The van der Waals surface area contributed by atoms with Crippen LogP contribution in [0.5, 0.6) is 0 Å². The van der Waals surface area contributed by atoms with Gasteiger partial charge in [-0.3, -0.25) is 4.79 Å². The predicted molar refractivity (Wildman–Crippen MR) is 123 cm³/mol. The summed E-state index contributed by atoms with van der Waals surface area (Å²) in [5.74, 6) is -0.337. The highest BCUT2D eigenvalue weighted by molar-refractivity contribution is 7.89. The van der Waals surface area contributed by atoms with Crippen molar-refractivity contribution in [2.24, 2.45) is 0 Å². The summed E-state index contributed by atoms with van der Waals surface area (Å²) in [5, 5.41) is 10.8. The lowest BCUT2D eigenvalue weighted by Crippen LogP contribution is -2.30. The van der Waals surface area contributed by atoms with Gasteiger partial charge in [0.15, 0.2) is 6.61 Å². The number of anilines is 1. The molecule has 0 aliphatic heterocycles. The summed E-state index contributed by atoms with van der Waals surface area (Å²) in [4.78, 5) is 19.3. The van der Waals surface area contributed by atoms with Crippen molar-refractivity contribution in [3.05, 3.63) is 47.5 Å². The molecule has 0 aliphatic rings. The van der Waals surface area contributed by atoms with Crippen LogP contribution in [0.2, 0.25) is 0 Å². The summed E-state index contributed by atoms with van der Waals surface area (Å²) in [6.45, 7) is 8.07. The van der Waals surface area contributed by atoms with Crippen molar-refractivity contribution >= 4 is 32.7 Å². The fourth-order valence-corrected chi connectivity index (χ4v) is 5.02. The number of hydrogen-bond acceptors (Lipinski definition) is 6. The monoisotopic (exact) mass is 459 g/mol. The molecule has 32 heavy (non-hydrogen) atoms. The molecule has 1 amide bonds. The van der Waals surface area contributed by atoms with E-state index >= 15 is 0 Å². The van der Waals surface area contributed by atoms with Crippen molar-refractivity contribution in [2.45, 2.75) is 45.4 Å². The second kappa shape index (κ2) is 10.1. The predicted octanol–water partition coefficient (Wildman–Crippen LogP) is 2.65. The number of para-hydroxylation sites is 1. The van der Waals surface area contributed by atoms with Gasteiger partial charge in [-0.25, -0.2) is 8.42 Å². The number of carbonyl (C=O) groups excluding carboxylic acids is 1. The number of hydrogen-bond donors (Lipinski definition) is 1. The van der Waals surface area contributed by atoms with E-state index in [9.17, 15) is 13.2 Å². The maximum Gasteiger partial charge on any atom is 0.265 e. The van der Waals surface area contributed by atoms with Crippen molar-refractivity contribution in [1.82, 2.24) is 19.5 Å². The van der Waals surface area contributed by atoms with Crippen molar-refractivity contribution in [1.29, 1.82) is 0 Å². The third-order valence-corrected chi connectivity index (χ3v) is 7.36. The molecule has 10 heteroatoms. The number of nitrogens with zero attached hydrogens (tertiary/aromatic N) is 4. The molecule has 1 N–H and O–H groups in total. The van der Waals surface area contributed by atoms with E-state index < -0.39 is 10.0 Å². The van der Waals surface area contributed by atoms with E-state index in [4.69, 9.17) is 4.84 Å². The van der Waals surface area contributed by atoms with Gasteiger partial charge in [-0.05, 0) is 47.4 Å². The number of sulfonamides is 1. The van der Waals surface area contributed by atoms with E-state index in [-0.39, 0.29) is 17.4 Å². The van der Waals surface area contributed by atoms with Gasteiger partial charge in [-0.1, -0.05) is 50.7 Å². The average Bonchev–Trinajstić information content (AvgIpc) is 3.20. The molecular formula is C22H29N5O4S. The number of carbonyl (C=O) groups is 1. The lowest BCUT2D eigenvalue weighted by molar-refractivity contribution is -0.121. The highest BCUT2D eigenvalue weighted by Crippen LogP contribution is 2.23. The van der Waals surface area contributed by atoms with Gasteiger partial charge in [-0.15, -0.1) is 5.10 Å². The van der Waals surface area contributed by atoms with Gasteiger partial charge >= 0.3 is 0 Å². The Balaban J connectivity index is 1.80. The zero-order valence-corrected chi connectivity index (χ0v) is 19.6. The summed E-state index contributed by atoms with van der Waals surface area (Å²) in [6, 6.07) is 10.5. The molecule has 0 bridgehead atoms. The van der Waals surface area contributed by atoms with Crippen LogP contribution in [-0.4, -0.2) is 53.5 Å². The van der Waals surface area contributed by atoms with Crippen LogP contribution in [0.4, 0.5) is 5.69 Å². The zero-order chi connectivity index (χ0) is 23.3. The Morgan fingerprint density at radius 3 is 2.31 bits per heavy atom. The number of aryl methyl sites for hydroxylation is 2. The SMILES string of the molecule is CCc1cccc(CC)c1NC(=O)COn1nnc2ccc(S(=O)(=O)N(CC)CC)cc21. The number of amides is 1. The Kier molecular flexibility index (Phi) is 7.47. The fourth-order valence-electron chi connectivity index (χ4n) is 3.54. The topological polar surface area (TPSA) is 106 Å². The molecule has 0 saturated carbocycles. The summed E-state index contributed by atoms with van der Waals surface area (Å²) < 4.78 is 27.0. The van der Waals surface area contributed by atoms with Gasteiger partial charge < -0.3 is 10.2 Å². The van der Waals surface area contributed by atoms with Crippen molar-refractivity contribution < 1.29 is 18.0 Å². The van der Waals surface area contributed by atoms with Crippen molar-refractivity contribution in [2.75, 3.05) is 25.0 Å². The maximum atomic E-state index is 12.8. The summed E-state index contributed by atoms with van der Waals surface area (Å²) >= 11 is 0. The number of benzene rings is 2. The molecule has 0 radical (unpaired) electrons. The van der Waals surface area contributed by atoms with Crippen LogP contribution in [0.25, 0.3) is 11.0 Å². The van der Waals surface area contributed by atoms with Crippen LogP contribution >= 0.6 is 0 Å². The number of fused-ring (bicyclic) bond motifs is 1. The standard InChI is InChI=1S/C22H29N5O4S/c1-5-16-10-9-11-17(6-2)22(16)23-21(28)15-31-27-20-14-18(12-13-19(20)24-25-27)32(29,30)26(7-3)8-4/h9-14H,5-8,15H2,1-4H3,(H,23,28). The smallest absolute Gasteiger partial charge is 0.265 e. The molecule has 0 aliphatic carbocycles. The summed E-state index contributed by atoms with van der Waals surface area (Å²) in [7, 11) is -3.65. The first-order valence-electron chi connectivity index (χ1n) is 10.7. The molecule has 2 aromatic carbocycles. The molecule has 0 saturated heterocycles. The normalized spacial score (nSPS) is 11.8. The molecule has 9 nitrogen and oxygen atoms in total. The zero-order valence-electron chi connectivity index (χ0n) is 18.8. The third kappa shape index (κ3) is 4.76. The van der Waals surface area contributed by atoms with Crippen LogP contribution in [0.15, 0.2) is 41.3 Å². The van der Waals surface area contributed by atoms with Gasteiger partial charge in [0.25, 0.3) is 5.91 Å². The quantitative estimate of drug-likeness (QED) is 0.500. The Hall–Kier alpha value is -2.98. The Morgan fingerprint density at radius 2 is 1.72 bits per heavy atom. The molecule has 0 fully saturated rings. The fraction of sp³-hybridized carbons (Fsp3) is 0.409. The lowest BCUT2D eigenvalue weighted by Gasteiger charge is -2.18. The van der Waals surface area contributed by atoms with E-state index in [0.717, 1.165) is 34.5 Å². The van der Waals surface area contributed by atoms with Gasteiger partial charge in [0.05, 0.1) is 4.90 Å². The molecular weight excluding hydrogens is 430 g/mol. The summed E-state index contributed by atoms with van der Waals surface area (Å²) in [5.41, 5.74) is 3.75. The highest BCUT2D eigenvalue weighted by Gasteiger charge is 2.23. The molecule has 172 valence electrons. The minimum Gasteiger partial charge on any atom is -0.385 e. The number of rotatable bonds is 10. The second-order valence-corrected chi connectivity index (χ2v) is 9.12. The van der Waals surface area contributed by atoms with E-state index in [1.165, 1.54) is 16.4 Å². The lowest BCUT2D eigenvalue weighted by atomic mass is 10.0. The third-order valence-electron chi connectivity index (χ3n) is 5.31. The van der Waals surface area contributed by atoms with E-state index in [2.05, 4.69) is 15.6 Å². The molecule has 1 aromatic heterocycles. The molecule has 0 unspecified atom stereocenters. The van der Waals surface area contributed by atoms with E-state index in [0.29, 0.717) is 24.1 Å². The number of aromatic nitrogens is 3. The minimum absolute atomic E-state index is 0.120. The first-order valence-corrected chi connectivity index (χ1v) is 12.2. The molecule has 0 atom stereocenters. The molecule has 0 spiro atoms. The molecule has 3 rings (SSSR count). The molecule has 3 aromatic rings. The molecule has 1 heterocycles. The van der Waals surface area contributed by atoms with Gasteiger partial charge in [0, 0.05) is 18.8 Å². The minimum atomic E-state index is -3.65. The van der Waals surface area contributed by atoms with Gasteiger partial charge in [0.1, 0.15) is 11.0 Å². The first-order chi connectivity index (χ1) is 15.3. The van der Waals surface area contributed by atoms with Gasteiger partial charge in [-0.2, -0.15) is 4.31 Å². The number of nitrogens with one attached hydrogen (secondary N) is 1. The van der Waals surface area contributed by atoms with Crippen molar-refractivity contribution in [3.8, 4) is 0 Å². The van der Waals surface area contributed by atoms with Crippen molar-refractivity contribution in [3.63, 3.8) is 0 Å². The largest absolute Gasteiger partial charge is 0.385 e. The average molecular weight is 460 g/mol. The van der Waals surface area contributed by atoms with E-state index in [1.54, 1.807) is 19.9 Å². The maximum absolute atomic E-state index is 12.8. The second-order valence-electron chi connectivity index (χ2n) is 7.18. The first kappa shape index (κ1) is 23.7. The van der Waals surface area contributed by atoms with E-state index in [1.807, 2.05) is 32.0 Å². The van der Waals surface area contributed by atoms with Crippen LogP contribution in [-0.2, 0) is 27.7 Å².